The van der Waals surface area contributed by atoms with Crippen LogP contribution in [-0.4, -0.2) is 52.3 Å². The van der Waals surface area contributed by atoms with Crippen molar-refractivity contribution in [2.75, 3.05) is 40.4 Å². The number of halogens is 1. The Labute approximate surface area is 139 Å². The number of nitrogens with one attached hydrogen (secondary N) is 3. The molecule has 120 valence electrons. The monoisotopic (exact) mass is 400 g/mol. The summed E-state index contributed by atoms with van der Waals surface area (Å²) in [6.45, 7) is 8.44. The van der Waals surface area contributed by atoms with Crippen LogP contribution in [0.2, 0.25) is 0 Å². The third-order valence-corrected chi connectivity index (χ3v) is 2.43. The second-order valence-electron chi connectivity index (χ2n) is 5.28. The van der Waals surface area contributed by atoms with Gasteiger partial charge in [-0.25, -0.2) is 0 Å². The van der Waals surface area contributed by atoms with Crippen molar-refractivity contribution in [2.45, 2.75) is 27.2 Å². The van der Waals surface area contributed by atoms with Crippen LogP contribution in [0.4, 0.5) is 0 Å². The molecule has 0 aliphatic rings. The number of amides is 1. The normalized spacial score (nSPS) is 11.6. The summed E-state index contributed by atoms with van der Waals surface area (Å²) in [6, 6.07) is 0. The summed E-state index contributed by atoms with van der Waals surface area (Å²) in [5.41, 5.74) is -0.347. The summed E-state index contributed by atoms with van der Waals surface area (Å²) in [5.74, 6) is 0.790. The van der Waals surface area contributed by atoms with Gasteiger partial charge >= 0.3 is 0 Å². The molecule has 20 heavy (non-hydrogen) atoms. The molecule has 0 aliphatic carbocycles. The van der Waals surface area contributed by atoms with Crippen molar-refractivity contribution in [1.82, 2.24) is 16.0 Å². The van der Waals surface area contributed by atoms with Crippen LogP contribution in [0, 0.1) is 5.41 Å². The molecule has 0 saturated heterocycles. The molecule has 0 radical (unpaired) electrons. The number of methoxy groups -OCH3 is 1. The Morgan fingerprint density at radius 1 is 1.10 bits per heavy atom. The molecule has 0 fully saturated rings. The first-order chi connectivity index (χ1) is 8.91. The minimum Gasteiger partial charge on any atom is -0.385 e. The average Bonchev–Trinajstić information content (AvgIpc) is 2.35. The van der Waals surface area contributed by atoms with Gasteiger partial charge in [-0.05, 0) is 6.42 Å². The smallest absolute Gasteiger partial charge is 0.225 e. The fraction of sp³-hybridized carbons (Fsp3) is 0.846. The van der Waals surface area contributed by atoms with Crippen LogP contribution in [0.5, 0.6) is 0 Å². The van der Waals surface area contributed by atoms with Crippen molar-refractivity contribution in [2.24, 2.45) is 10.4 Å². The van der Waals surface area contributed by atoms with Crippen LogP contribution in [0.25, 0.3) is 0 Å². The molecule has 0 aliphatic heterocycles. The Bertz CT molecular complexity index is 291. The van der Waals surface area contributed by atoms with Gasteiger partial charge in [0, 0.05) is 45.8 Å². The lowest BCUT2D eigenvalue weighted by molar-refractivity contribution is -0.128. The lowest BCUT2D eigenvalue weighted by Crippen LogP contribution is -2.43. The zero-order valence-corrected chi connectivity index (χ0v) is 15.5. The van der Waals surface area contributed by atoms with E-state index in [2.05, 4.69) is 20.9 Å². The van der Waals surface area contributed by atoms with E-state index >= 15 is 0 Å². The summed E-state index contributed by atoms with van der Waals surface area (Å²) in [7, 11) is 3.41. The highest BCUT2D eigenvalue weighted by atomic mass is 127. The Kier molecular flexibility index (Phi) is 13.2. The Balaban J connectivity index is 0. The topological polar surface area (TPSA) is 74.8 Å². The van der Waals surface area contributed by atoms with Crippen LogP contribution < -0.4 is 16.0 Å². The van der Waals surface area contributed by atoms with E-state index in [4.69, 9.17) is 4.74 Å². The summed E-state index contributed by atoms with van der Waals surface area (Å²) in [4.78, 5) is 15.7. The fourth-order valence-electron chi connectivity index (χ4n) is 1.27. The molecule has 0 bridgehead atoms. The third-order valence-electron chi connectivity index (χ3n) is 2.43. The van der Waals surface area contributed by atoms with Gasteiger partial charge in [0.1, 0.15) is 0 Å². The number of carbonyl (C=O) groups excluding carboxylic acids is 1. The van der Waals surface area contributed by atoms with E-state index in [1.807, 2.05) is 20.8 Å². The second kappa shape index (κ2) is 12.2. The number of rotatable bonds is 7. The largest absolute Gasteiger partial charge is 0.385 e. The number of hydrogen-bond donors (Lipinski definition) is 3. The Hall–Kier alpha value is -0.570. The van der Waals surface area contributed by atoms with Gasteiger partial charge < -0.3 is 20.7 Å². The summed E-state index contributed by atoms with van der Waals surface area (Å²) < 4.78 is 4.97. The molecule has 0 rings (SSSR count). The molecule has 1 amide bonds. The summed E-state index contributed by atoms with van der Waals surface area (Å²) in [5, 5.41) is 9.18. The SMILES string of the molecule is CN=C(NCCCOC)NCCNC(=O)C(C)(C)C.I. The van der Waals surface area contributed by atoms with Crippen molar-refractivity contribution in [3.63, 3.8) is 0 Å². The maximum atomic E-state index is 11.6. The molecule has 0 spiro atoms. The molecule has 3 N–H and O–H groups in total. The van der Waals surface area contributed by atoms with E-state index in [1.54, 1.807) is 14.2 Å². The predicted molar refractivity (Wildman–Crippen MR) is 93.7 cm³/mol. The van der Waals surface area contributed by atoms with E-state index in [0.717, 1.165) is 25.5 Å². The lowest BCUT2D eigenvalue weighted by atomic mass is 9.96. The molecule has 0 unspecified atom stereocenters. The van der Waals surface area contributed by atoms with Crippen LogP contribution in [0.1, 0.15) is 27.2 Å². The number of nitrogens with zero attached hydrogens (tertiary/aromatic N) is 1. The van der Waals surface area contributed by atoms with Gasteiger partial charge in [0.15, 0.2) is 5.96 Å². The quantitative estimate of drug-likeness (QED) is 0.258. The molecule has 0 aromatic rings. The first-order valence-electron chi connectivity index (χ1n) is 6.63. The lowest BCUT2D eigenvalue weighted by Gasteiger charge is -2.18. The fourth-order valence-corrected chi connectivity index (χ4v) is 1.27. The first kappa shape index (κ1) is 21.7. The minimum atomic E-state index is -0.347. The van der Waals surface area contributed by atoms with Crippen LogP contribution in [0.15, 0.2) is 4.99 Å². The maximum Gasteiger partial charge on any atom is 0.225 e. The first-order valence-corrected chi connectivity index (χ1v) is 6.63. The standard InChI is InChI=1S/C13H28N4O2.HI/c1-13(2,3)11(18)15-8-9-17-12(14-4)16-7-6-10-19-5;/h6-10H2,1-5H3,(H,15,18)(H2,14,16,17);1H. The third kappa shape index (κ3) is 11.3. The van der Waals surface area contributed by atoms with Crippen LogP contribution in [-0.2, 0) is 9.53 Å². The predicted octanol–water partition coefficient (Wildman–Crippen LogP) is 0.968. The minimum absolute atomic E-state index is 0. The van der Waals surface area contributed by atoms with Gasteiger partial charge in [0.2, 0.25) is 5.91 Å². The van der Waals surface area contributed by atoms with Gasteiger partial charge in [-0.3, -0.25) is 9.79 Å². The second-order valence-corrected chi connectivity index (χ2v) is 5.28. The summed E-state index contributed by atoms with van der Waals surface area (Å²) in [6.07, 6.45) is 0.929. The number of aliphatic imine (C=N–C) groups is 1. The van der Waals surface area contributed by atoms with Gasteiger partial charge in [0.05, 0.1) is 0 Å². The van der Waals surface area contributed by atoms with Gasteiger partial charge in [-0.2, -0.15) is 0 Å². The number of ether oxygens (including phenoxy) is 1. The molecule has 0 aromatic carbocycles. The van der Waals surface area contributed by atoms with Crippen molar-refractivity contribution < 1.29 is 9.53 Å². The van der Waals surface area contributed by atoms with Crippen molar-refractivity contribution in [3.05, 3.63) is 0 Å². The highest BCUT2D eigenvalue weighted by Gasteiger charge is 2.20. The van der Waals surface area contributed by atoms with Gasteiger partial charge in [-0.15, -0.1) is 24.0 Å². The zero-order chi connectivity index (χ0) is 14.7. The molecule has 0 saturated carbocycles. The number of guanidine groups is 1. The van der Waals surface area contributed by atoms with E-state index in [0.29, 0.717) is 13.1 Å². The van der Waals surface area contributed by atoms with E-state index < -0.39 is 0 Å². The molecular formula is C13H29IN4O2. The van der Waals surface area contributed by atoms with Gasteiger partial charge in [0.25, 0.3) is 0 Å². The highest BCUT2D eigenvalue weighted by Crippen LogP contribution is 2.11. The number of hydrogen-bond acceptors (Lipinski definition) is 3. The molecule has 0 aromatic heterocycles. The van der Waals surface area contributed by atoms with E-state index in [9.17, 15) is 4.79 Å². The molecule has 0 atom stereocenters. The molecule has 7 heteroatoms. The average molecular weight is 400 g/mol. The molecule has 6 nitrogen and oxygen atoms in total. The van der Waals surface area contributed by atoms with Crippen LogP contribution in [0.3, 0.4) is 0 Å². The van der Waals surface area contributed by atoms with Gasteiger partial charge in [-0.1, -0.05) is 20.8 Å². The molecular weight excluding hydrogens is 371 g/mol. The maximum absolute atomic E-state index is 11.6. The van der Waals surface area contributed by atoms with E-state index in [-0.39, 0.29) is 35.3 Å². The highest BCUT2D eigenvalue weighted by molar-refractivity contribution is 14.0. The Morgan fingerprint density at radius 3 is 2.15 bits per heavy atom. The van der Waals surface area contributed by atoms with Crippen molar-refractivity contribution >= 4 is 35.8 Å². The van der Waals surface area contributed by atoms with Crippen molar-refractivity contribution in [3.8, 4) is 0 Å². The zero-order valence-electron chi connectivity index (χ0n) is 13.2. The van der Waals surface area contributed by atoms with Crippen LogP contribution >= 0.6 is 24.0 Å². The Morgan fingerprint density at radius 2 is 1.65 bits per heavy atom. The number of carbonyl (C=O) groups is 1. The van der Waals surface area contributed by atoms with E-state index in [1.165, 1.54) is 0 Å². The summed E-state index contributed by atoms with van der Waals surface area (Å²) >= 11 is 0. The molecule has 0 heterocycles. The van der Waals surface area contributed by atoms with Crippen molar-refractivity contribution in [1.29, 1.82) is 0 Å².